The van der Waals surface area contributed by atoms with Crippen LogP contribution < -0.4 is 14.9 Å². The number of ether oxygens (including phenoxy) is 2. The van der Waals surface area contributed by atoms with E-state index in [1.165, 1.54) is 0 Å². The third-order valence-corrected chi connectivity index (χ3v) is 5.51. The van der Waals surface area contributed by atoms with E-state index in [4.69, 9.17) is 9.47 Å². The van der Waals surface area contributed by atoms with Gasteiger partial charge in [-0.1, -0.05) is 75.5 Å². The molecule has 0 aromatic heterocycles. The van der Waals surface area contributed by atoms with Crippen molar-refractivity contribution >= 4 is 44.0 Å². The zero-order valence-corrected chi connectivity index (χ0v) is 20.9. The van der Waals surface area contributed by atoms with Crippen molar-refractivity contribution in [2.45, 2.75) is 26.4 Å². The number of unbranched alkanes of at least 4 members (excludes halogenated alkanes) is 1. The van der Waals surface area contributed by atoms with E-state index in [0.717, 1.165) is 32.9 Å². The molecule has 3 aromatic carbocycles. The summed E-state index contributed by atoms with van der Waals surface area (Å²) < 4.78 is 13.4. The second-order valence-electron chi connectivity index (χ2n) is 7.00. The molecule has 0 aliphatic rings. The van der Waals surface area contributed by atoms with Crippen molar-refractivity contribution in [1.82, 2.24) is 5.43 Å². The number of hydrogen-bond acceptors (Lipinski definition) is 4. The quantitative estimate of drug-likeness (QED) is 0.170. The maximum absolute atomic E-state index is 12.8. The number of rotatable bonds is 10. The van der Waals surface area contributed by atoms with Gasteiger partial charge in [-0.25, -0.2) is 5.43 Å². The fraction of sp³-hybridized carbons (Fsp3) is 0.200. The van der Waals surface area contributed by atoms with E-state index in [9.17, 15) is 4.79 Å². The summed E-state index contributed by atoms with van der Waals surface area (Å²) in [5, 5.41) is 4.14. The van der Waals surface area contributed by atoms with Gasteiger partial charge in [0.25, 0.3) is 5.91 Å². The highest BCUT2D eigenvalue weighted by Gasteiger charge is 2.13. The first-order chi connectivity index (χ1) is 15.6. The molecule has 3 rings (SSSR count). The van der Waals surface area contributed by atoms with Crippen LogP contribution in [0.2, 0.25) is 0 Å². The van der Waals surface area contributed by atoms with Gasteiger partial charge in [0, 0.05) is 14.5 Å². The SMILES string of the molecule is CCCCOc1ccc(Br)cc1/C=N\NC(=O)c1cc(Br)ccc1OCc1ccccc1. The van der Waals surface area contributed by atoms with Crippen LogP contribution in [-0.2, 0) is 6.61 Å². The van der Waals surface area contributed by atoms with Gasteiger partial charge in [-0.05, 0) is 48.4 Å². The van der Waals surface area contributed by atoms with Gasteiger partial charge in [-0.15, -0.1) is 0 Å². The predicted molar refractivity (Wildman–Crippen MR) is 135 cm³/mol. The third-order valence-electron chi connectivity index (χ3n) is 4.52. The lowest BCUT2D eigenvalue weighted by molar-refractivity contribution is 0.0950. The van der Waals surface area contributed by atoms with Crippen molar-refractivity contribution in [1.29, 1.82) is 0 Å². The van der Waals surface area contributed by atoms with Gasteiger partial charge in [-0.2, -0.15) is 5.10 Å². The van der Waals surface area contributed by atoms with E-state index in [1.807, 2.05) is 54.6 Å². The van der Waals surface area contributed by atoms with Gasteiger partial charge in [0.05, 0.1) is 18.4 Å². The lowest BCUT2D eigenvalue weighted by Gasteiger charge is -2.11. The van der Waals surface area contributed by atoms with Gasteiger partial charge in [0.15, 0.2) is 0 Å². The Bertz CT molecular complexity index is 1070. The summed E-state index contributed by atoms with van der Waals surface area (Å²) in [6, 6.07) is 20.8. The smallest absolute Gasteiger partial charge is 0.275 e. The Morgan fingerprint density at radius 1 is 0.969 bits per heavy atom. The average Bonchev–Trinajstić information content (AvgIpc) is 2.80. The molecule has 3 aromatic rings. The highest BCUT2D eigenvalue weighted by Crippen LogP contribution is 2.25. The minimum atomic E-state index is -0.367. The standard InChI is InChI=1S/C25H24Br2N2O3/c1-2-3-13-31-23-11-9-20(26)14-19(23)16-28-29-25(30)22-15-21(27)10-12-24(22)32-17-18-7-5-4-6-8-18/h4-12,14-16H,2-3,13,17H2,1H3,(H,29,30)/b28-16-. The normalized spacial score (nSPS) is 10.8. The average molecular weight is 560 g/mol. The molecule has 32 heavy (non-hydrogen) atoms. The molecule has 1 amide bonds. The van der Waals surface area contributed by atoms with Gasteiger partial charge < -0.3 is 9.47 Å². The molecule has 1 N–H and O–H groups in total. The number of nitrogens with zero attached hydrogens (tertiary/aromatic N) is 1. The van der Waals surface area contributed by atoms with Crippen LogP contribution in [0.3, 0.4) is 0 Å². The number of carbonyl (C=O) groups is 1. The second-order valence-corrected chi connectivity index (χ2v) is 8.83. The summed E-state index contributed by atoms with van der Waals surface area (Å²) in [4.78, 5) is 12.8. The first-order valence-corrected chi connectivity index (χ1v) is 11.9. The van der Waals surface area contributed by atoms with Gasteiger partial charge in [0.2, 0.25) is 0 Å². The second kappa shape index (κ2) is 12.4. The molecule has 0 saturated carbocycles. The number of nitrogens with one attached hydrogen (secondary N) is 1. The van der Waals surface area contributed by atoms with E-state index in [0.29, 0.717) is 30.3 Å². The van der Waals surface area contributed by atoms with Crippen molar-refractivity contribution < 1.29 is 14.3 Å². The molecular formula is C25H24Br2N2O3. The molecule has 7 heteroatoms. The van der Waals surface area contributed by atoms with Crippen LogP contribution in [-0.4, -0.2) is 18.7 Å². The molecule has 0 saturated heterocycles. The van der Waals surface area contributed by atoms with E-state index in [2.05, 4.69) is 49.3 Å². The number of halogens is 2. The van der Waals surface area contributed by atoms with Gasteiger partial charge in [-0.3, -0.25) is 4.79 Å². The number of hydrazone groups is 1. The van der Waals surface area contributed by atoms with Crippen LogP contribution in [0.1, 0.15) is 41.3 Å². The minimum Gasteiger partial charge on any atom is -0.493 e. The zero-order valence-electron chi connectivity index (χ0n) is 17.7. The summed E-state index contributed by atoms with van der Waals surface area (Å²) in [5.41, 5.74) is 4.76. The van der Waals surface area contributed by atoms with Crippen molar-refractivity contribution in [2.75, 3.05) is 6.61 Å². The fourth-order valence-corrected chi connectivity index (χ4v) is 3.58. The molecule has 166 valence electrons. The number of amides is 1. The monoisotopic (exact) mass is 558 g/mol. The lowest BCUT2D eigenvalue weighted by Crippen LogP contribution is -2.19. The topological polar surface area (TPSA) is 59.9 Å². The molecule has 0 heterocycles. The lowest BCUT2D eigenvalue weighted by atomic mass is 10.2. The summed E-state index contributed by atoms with van der Waals surface area (Å²) in [6.45, 7) is 3.11. The number of hydrogen-bond donors (Lipinski definition) is 1. The van der Waals surface area contributed by atoms with Crippen LogP contribution in [0.15, 0.2) is 80.8 Å². The predicted octanol–water partition coefficient (Wildman–Crippen LogP) is 6.73. The van der Waals surface area contributed by atoms with Gasteiger partial charge >= 0.3 is 0 Å². The Labute approximate surface area is 205 Å². The van der Waals surface area contributed by atoms with Crippen LogP contribution in [0.25, 0.3) is 0 Å². The van der Waals surface area contributed by atoms with Crippen molar-refractivity contribution in [3.63, 3.8) is 0 Å². The summed E-state index contributed by atoms with van der Waals surface area (Å²) in [6.07, 6.45) is 3.60. The van der Waals surface area contributed by atoms with Crippen molar-refractivity contribution in [3.05, 3.63) is 92.4 Å². The van der Waals surface area contributed by atoms with E-state index in [-0.39, 0.29) is 5.91 Å². The zero-order chi connectivity index (χ0) is 22.8. The Morgan fingerprint density at radius 3 is 2.44 bits per heavy atom. The maximum atomic E-state index is 12.8. The molecule has 0 atom stereocenters. The molecule has 0 fully saturated rings. The van der Waals surface area contributed by atoms with E-state index >= 15 is 0 Å². The Hall–Kier alpha value is -2.64. The van der Waals surface area contributed by atoms with Crippen LogP contribution in [0.5, 0.6) is 11.5 Å². The van der Waals surface area contributed by atoms with E-state index in [1.54, 1.807) is 18.3 Å². The molecular weight excluding hydrogens is 536 g/mol. The van der Waals surface area contributed by atoms with Crippen LogP contribution >= 0.6 is 31.9 Å². The molecule has 0 spiro atoms. The molecule has 0 aliphatic carbocycles. The first-order valence-electron chi connectivity index (χ1n) is 10.3. The maximum Gasteiger partial charge on any atom is 0.275 e. The molecule has 5 nitrogen and oxygen atoms in total. The first kappa shape index (κ1) is 24.0. The molecule has 0 aliphatic heterocycles. The summed E-state index contributed by atoms with van der Waals surface area (Å²) in [7, 11) is 0. The van der Waals surface area contributed by atoms with Gasteiger partial charge in [0.1, 0.15) is 18.1 Å². The largest absolute Gasteiger partial charge is 0.493 e. The Balaban J connectivity index is 1.70. The highest BCUT2D eigenvalue weighted by atomic mass is 79.9. The minimum absolute atomic E-state index is 0.364. The summed E-state index contributed by atoms with van der Waals surface area (Å²) in [5.74, 6) is 0.832. The van der Waals surface area contributed by atoms with Crippen molar-refractivity contribution in [3.8, 4) is 11.5 Å². The molecule has 0 unspecified atom stereocenters. The van der Waals surface area contributed by atoms with Crippen LogP contribution in [0.4, 0.5) is 0 Å². The number of carbonyl (C=O) groups excluding carboxylic acids is 1. The number of benzene rings is 3. The Kier molecular flexibility index (Phi) is 9.31. The highest BCUT2D eigenvalue weighted by molar-refractivity contribution is 9.10. The van der Waals surface area contributed by atoms with Crippen molar-refractivity contribution in [2.24, 2.45) is 5.10 Å². The van der Waals surface area contributed by atoms with Crippen LogP contribution in [0, 0.1) is 0 Å². The molecule has 0 radical (unpaired) electrons. The Morgan fingerprint density at radius 2 is 1.69 bits per heavy atom. The third kappa shape index (κ3) is 7.21. The fourth-order valence-electron chi connectivity index (χ4n) is 2.84. The molecule has 0 bridgehead atoms. The van der Waals surface area contributed by atoms with E-state index < -0.39 is 0 Å². The summed E-state index contributed by atoms with van der Waals surface area (Å²) >= 11 is 6.88.